The molecule has 1 aliphatic carbocycles. The lowest BCUT2D eigenvalue weighted by molar-refractivity contribution is -0.230. The van der Waals surface area contributed by atoms with Crippen LogP contribution in [-0.2, 0) is 4.74 Å². The van der Waals surface area contributed by atoms with E-state index in [0.29, 0.717) is 0 Å². The summed E-state index contributed by atoms with van der Waals surface area (Å²) in [5.41, 5.74) is 0.214. The molecule has 1 unspecified atom stereocenters. The van der Waals surface area contributed by atoms with E-state index in [9.17, 15) is 0 Å². The van der Waals surface area contributed by atoms with E-state index in [1.54, 1.807) is 0 Å². The molecule has 0 aromatic rings. The summed E-state index contributed by atoms with van der Waals surface area (Å²) < 4.78 is 5.67. The first-order valence-corrected chi connectivity index (χ1v) is 4.63. The van der Waals surface area contributed by atoms with Crippen molar-refractivity contribution >= 4 is 0 Å². The van der Waals surface area contributed by atoms with Crippen LogP contribution in [0.4, 0.5) is 0 Å². The van der Waals surface area contributed by atoms with E-state index in [4.69, 9.17) is 9.84 Å². The molecular formula is C9H16O2. The molecule has 1 saturated carbocycles. The number of ether oxygens (including phenoxy) is 1. The zero-order valence-electron chi connectivity index (χ0n) is 6.88. The lowest BCUT2D eigenvalue weighted by Crippen LogP contribution is -2.52. The molecule has 1 saturated heterocycles. The second-order valence-electron chi connectivity index (χ2n) is 3.87. The van der Waals surface area contributed by atoms with Crippen LogP contribution in [0.5, 0.6) is 0 Å². The largest absolute Gasteiger partial charge is 0.394 e. The zero-order chi connectivity index (χ0) is 7.73. The van der Waals surface area contributed by atoms with Gasteiger partial charge < -0.3 is 9.84 Å². The summed E-state index contributed by atoms with van der Waals surface area (Å²) in [6.45, 7) is 0.210. The zero-order valence-corrected chi connectivity index (χ0v) is 6.88. The number of aliphatic hydroxyl groups excluding tert-OH is 1. The molecule has 2 nitrogen and oxygen atoms in total. The summed E-state index contributed by atoms with van der Waals surface area (Å²) >= 11 is 0. The third-order valence-corrected chi connectivity index (χ3v) is 2.98. The van der Waals surface area contributed by atoms with Crippen molar-refractivity contribution in [2.24, 2.45) is 0 Å². The van der Waals surface area contributed by atoms with Crippen molar-refractivity contribution in [3.63, 3.8) is 0 Å². The van der Waals surface area contributed by atoms with E-state index < -0.39 is 0 Å². The van der Waals surface area contributed by atoms with Gasteiger partial charge in [-0.05, 0) is 12.8 Å². The fourth-order valence-electron chi connectivity index (χ4n) is 2.38. The first-order chi connectivity index (χ1) is 5.35. The Kier molecular flexibility index (Phi) is 1.90. The normalized spacial score (nSPS) is 35.2. The van der Waals surface area contributed by atoms with Crippen molar-refractivity contribution in [3.05, 3.63) is 0 Å². The van der Waals surface area contributed by atoms with Gasteiger partial charge in [0.05, 0.1) is 18.3 Å². The molecule has 2 aliphatic rings. The van der Waals surface area contributed by atoms with Crippen LogP contribution >= 0.6 is 0 Å². The number of aliphatic hydroxyl groups is 1. The number of rotatable bonds is 1. The summed E-state index contributed by atoms with van der Waals surface area (Å²) in [4.78, 5) is 0. The van der Waals surface area contributed by atoms with E-state index in [1.807, 2.05) is 0 Å². The van der Waals surface area contributed by atoms with E-state index in [1.165, 1.54) is 32.1 Å². The van der Waals surface area contributed by atoms with Crippen molar-refractivity contribution in [1.29, 1.82) is 0 Å². The minimum Gasteiger partial charge on any atom is -0.394 e. The molecule has 2 rings (SSSR count). The minimum atomic E-state index is 0.160. The molecular weight excluding hydrogens is 140 g/mol. The predicted octanol–water partition coefficient (Wildman–Crippen LogP) is 1.47. The molecule has 1 spiro atoms. The number of hydrogen-bond donors (Lipinski definition) is 1. The summed E-state index contributed by atoms with van der Waals surface area (Å²) in [5, 5.41) is 8.78. The lowest BCUT2D eigenvalue weighted by Gasteiger charge is -2.49. The highest BCUT2D eigenvalue weighted by Gasteiger charge is 2.45. The number of hydrogen-bond acceptors (Lipinski definition) is 2. The third-order valence-electron chi connectivity index (χ3n) is 2.98. The van der Waals surface area contributed by atoms with Gasteiger partial charge in [0.15, 0.2) is 0 Å². The van der Waals surface area contributed by atoms with Gasteiger partial charge in [-0.15, -0.1) is 0 Å². The quantitative estimate of drug-likeness (QED) is 0.623. The van der Waals surface area contributed by atoms with Crippen molar-refractivity contribution in [2.45, 2.75) is 50.2 Å². The average Bonchev–Trinajstić information content (AvgIpc) is 2.01. The smallest absolute Gasteiger partial charge is 0.0840 e. The van der Waals surface area contributed by atoms with Gasteiger partial charge in [0.25, 0.3) is 0 Å². The van der Waals surface area contributed by atoms with Crippen molar-refractivity contribution in [2.75, 3.05) is 6.61 Å². The Balaban J connectivity index is 1.84. The standard InChI is InChI=1S/C9H16O2/c10-7-8-6-9(11-8)4-2-1-3-5-9/h8,10H,1-7H2. The Labute approximate surface area is 67.6 Å². The molecule has 1 aliphatic heterocycles. The molecule has 0 bridgehead atoms. The second kappa shape index (κ2) is 2.76. The minimum absolute atomic E-state index is 0.160. The molecule has 0 amide bonds. The Morgan fingerprint density at radius 3 is 2.45 bits per heavy atom. The molecule has 2 fully saturated rings. The van der Waals surface area contributed by atoms with Gasteiger partial charge in [-0.3, -0.25) is 0 Å². The van der Waals surface area contributed by atoms with Gasteiger partial charge in [-0.1, -0.05) is 19.3 Å². The molecule has 0 aromatic heterocycles. The van der Waals surface area contributed by atoms with Crippen LogP contribution in [0.2, 0.25) is 0 Å². The molecule has 0 radical (unpaired) electrons. The SMILES string of the molecule is OCC1CC2(CCCCC2)O1. The predicted molar refractivity (Wildman–Crippen MR) is 42.4 cm³/mol. The average molecular weight is 156 g/mol. The van der Waals surface area contributed by atoms with Crippen LogP contribution in [0.15, 0.2) is 0 Å². The van der Waals surface area contributed by atoms with E-state index >= 15 is 0 Å². The first kappa shape index (κ1) is 7.56. The monoisotopic (exact) mass is 156 g/mol. The van der Waals surface area contributed by atoms with Crippen LogP contribution in [-0.4, -0.2) is 23.4 Å². The van der Waals surface area contributed by atoms with E-state index in [2.05, 4.69) is 0 Å². The highest BCUT2D eigenvalue weighted by Crippen LogP contribution is 2.43. The molecule has 11 heavy (non-hydrogen) atoms. The van der Waals surface area contributed by atoms with Gasteiger partial charge >= 0.3 is 0 Å². The van der Waals surface area contributed by atoms with E-state index in [-0.39, 0.29) is 18.3 Å². The van der Waals surface area contributed by atoms with E-state index in [0.717, 1.165) is 6.42 Å². The Hall–Kier alpha value is -0.0800. The maximum Gasteiger partial charge on any atom is 0.0840 e. The second-order valence-corrected chi connectivity index (χ2v) is 3.87. The lowest BCUT2D eigenvalue weighted by atomic mass is 9.77. The Morgan fingerprint density at radius 2 is 1.91 bits per heavy atom. The topological polar surface area (TPSA) is 29.5 Å². The van der Waals surface area contributed by atoms with Crippen LogP contribution in [0.3, 0.4) is 0 Å². The molecule has 1 heterocycles. The maximum absolute atomic E-state index is 8.78. The molecule has 64 valence electrons. The fraction of sp³-hybridized carbons (Fsp3) is 1.00. The van der Waals surface area contributed by atoms with Crippen molar-refractivity contribution in [3.8, 4) is 0 Å². The summed E-state index contributed by atoms with van der Waals surface area (Å²) in [7, 11) is 0. The highest BCUT2D eigenvalue weighted by molar-refractivity contribution is 4.94. The summed E-state index contributed by atoms with van der Waals surface area (Å²) in [5.74, 6) is 0. The van der Waals surface area contributed by atoms with Gasteiger partial charge in [0.2, 0.25) is 0 Å². The maximum atomic E-state index is 8.78. The van der Waals surface area contributed by atoms with Crippen molar-refractivity contribution < 1.29 is 9.84 Å². The van der Waals surface area contributed by atoms with Gasteiger partial charge in [-0.25, -0.2) is 0 Å². The van der Waals surface area contributed by atoms with Gasteiger partial charge in [0.1, 0.15) is 0 Å². The Morgan fingerprint density at radius 1 is 1.27 bits per heavy atom. The van der Waals surface area contributed by atoms with Gasteiger partial charge in [-0.2, -0.15) is 0 Å². The summed E-state index contributed by atoms with van der Waals surface area (Å²) in [6.07, 6.45) is 7.72. The van der Waals surface area contributed by atoms with Crippen LogP contribution < -0.4 is 0 Å². The summed E-state index contributed by atoms with van der Waals surface area (Å²) in [6, 6.07) is 0. The Bertz CT molecular complexity index is 130. The molecule has 1 atom stereocenters. The van der Waals surface area contributed by atoms with Crippen LogP contribution in [0.1, 0.15) is 38.5 Å². The first-order valence-electron chi connectivity index (χ1n) is 4.63. The fourth-order valence-corrected chi connectivity index (χ4v) is 2.38. The third kappa shape index (κ3) is 1.30. The van der Waals surface area contributed by atoms with Crippen molar-refractivity contribution in [1.82, 2.24) is 0 Å². The van der Waals surface area contributed by atoms with Crippen LogP contribution in [0, 0.1) is 0 Å². The van der Waals surface area contributed by atoms with Gasteiger partial charge in [0, 0.05) is 6.42 Å². The molecule has 1 N–H and O–H groups in total. The molecule has 0 aromatic carbocycles. The highest BCUT2D eigenvalue weighted by atomic mass is 16.5. The molecule has 2 heteroatoms. The van der Waals surface area contributed by atoms with Crippen LogP contribution in [0.25, 0.3) is 0 Å².